The predicted octanol–water partition coefficient (Wildman–Crippen LogP) is 1.97. The fourth-order valence-corrected chi connectivity index (χ4v) is 0.486. The lowest BCUT2D eigenvalue weighted by Crippen LogP contribution is -2.18. The van der Waals surface area contributed by atoms with Gasteiger partial charge in [0, 0.05) is 4.83 Å². The molecule has 0 aromatic heterocycles. The second-order valence-corrected chi connectivity index (χ2v) is 3.23. The molecule has 0 fully saturated rings. The fraction of sp³-hybridized carbons (Fsp3) is 0.833. The van der Waals surface area contributed by atoms with Crippen LogP contribution >= 0.6 is 15.9 Å². The summed E-state index contributed by atoms with van der Waals surface area (Å²) in [5.74, 6) is -1.46. The highest BCUT2D eigenvalue weighted by Crippen LogP contribution is 2.05. The molecule has 0 aliphatic carbocycles. The van der Waals surface area contributed by atoms with Crippen LogP contribution in [0.5, 0.6) is 0 Å². The quantitative estimate of drug-likeness (QED) is 0.546. The highest BCUT2D eigenvalue weighted by Gasteiger charge is 2.17. The normalized spacial score (nSPS) is 13.2. The summed E-state index contributed by atoms with van der Waals surface area (Å²) in [4.78, 5) is 10.1. The Labute approximate surface area is 72.0 Å². The maximum Gasteiger partial charge on any atom is 0.373 e. The smallest absolute Gasteiger partial charge is 0.373 e. The van der Waals surface area contributed by atoms with Crippen molar-refractivity contribution in [2.75, 3.05) is 6.61 Å². The van der Waals surface area contributed by atoms with E-state index in [2.05, 4.69) is 20.7 Å². The van der Waals surface area contributed by atoms with Gasteiger partial charge in [-0.05, 0) is 6.42 Å². The van der Waals surface area contributed by atoms with E-state index in [1.165, 1.54) is 0 Å². The van der Waals surface area contributed by atoms with Gasteiger partial charge in [0.2, 0.25) is 0 Å². The number of carbonyl (C=O) groups excluding carboxylic acids is 1. The molecule has 2 nitrogen and oxygen atoms in total. The number of hydrogen-bond acceptors (Lipinski definition) is 2. The molecule has 0 saturated heterocycles. The molecule has 11 heavy (non-hydrogen) atoms. The molecule has 0 aromatic carbocycles. The number of alkyl halides is 3. The van der Waals surface area contributed by atoms with Crippen molar-refractivity contribution in [2.24, 2.45) is 0 Å². The van der Waals surface area contributed by atoms with Crippen LogP contribution in [0.3, 0.4) is 0 Å². The first-order chi connectivity index (χ1) is 5.07. The number of hydrogen-bond donors (Lipinski definition) is 0. The molecular formula is C6H9BrF2O2. The lowest BCUT2D eigenvalue weighted by Gasteiger charge is -2.06. The average molecular weight is 231 g/mol. The van der Waals surface area contributed by atoms with Gasteiger partial charge in [-0.3, -0.25) is 0 Å². The van der Waals surface area contributed by atoms with Gasteiger partial charge in [-0.15, -0.1) is 0 Å². The van der Waals surface area contributed by atoms with Gasteiger partial charge in [0.05, 0.1) is 0 Å². The lowest BCUT2D eigenvalue weighted by atomic mass is 10.4. The Kier molecular flexibility index (Phi) is 5.36. The van der Waals surface area contributed by atoms with E-state index in [-0.39, 0.29) is 11.4 Å². The molecule has 1 atom stereocenters. The van der Waals surface area contributed by atoms with Crippen LogP contribution in [0.2, 0.25) is 0 Å². The molecule has 0 aromatic rings. The first-order valence-electron chi connectivity index (χ1n) is 3.16. The molecule has 0 N–H and O–H groups in total. The van der Waals surface area contributed by atoms with Crippen molar-refractivity contribution in [3.63, 3.8) is 0 Å². The van der Waals surface area contributed by atoms with Crippen LogP contribution in [0.4, 0.5) is 8.78 Å². The van der Waals surface area contributed by atoms with Crippen LogP contribution in [-0.4, -0.2) is 23.8 Å². The molecule has 0 saturated carbocycles. The van der Waals surface area contributed by atoms with Crippen LogP contribution < -0.4 is 0 Å². The molecule has 0 aliphatic heterocycles. The van der Waals surface area contributed by atoms with Gasteiger partial charge < -0.3 is 4.74 Å². The number of ether oxygens (including phenoxy) is 1. The first kappa shape index (κ1) is 10.8. The molecule has 1 unspecified atom stereocenters. The largest absolute Gasteiger partial charge is 0.460 e. The van der Waals surface area contributed by atoms with Gasteiger partial charge in [0.1, 0.15) is 6.61 Å². The third kappa shape index (κ3) is 5.12. The van der Waals surface area contributed by atoms with Gasteiger partial charge >= 0.3 is 12.4 Å². The van der Waals surface area contributed by atoms with Crippen molar-refractivity contribution >= 4 is 21.9 Å². The summed E-state index contributed by atoms with van der Waals surface area (Å²) in [6.45, 7) is 1.86. The van der Waals surface area contributed by atoms with E-state index < -0.39 is 12.4 Å². The molecule has 0 aliphatic rings. The number of carbonyl (C=O) groups is 1. The van der Waals surface area contributed by atoms with Gasteiger partial charge in [-0.1, -0.05) is 22.9 Å². The van der Waals surface area contributed by atoms with Crippen molar-refractivity contribution in [2.45, 2.75) is 24.6 Å². The van der Waals surface area contributed by atoms with Crippen LogP contribution in [0.1, 0.15) is 13.3 Å². The van der Waals surface area contributed by atoms with E-state index in [1.54, 1.807) is 0 Å². The molecule has 5 heteroatoms. The molecule has 66 valence electrons. The Bertz CT molecular complexity index is 130. The summed E-state index contributed by atoms with van der Waals surface area (Å²) in [6.07, 6.45) is -2.29. The zero-order chi connectivity index (χ0) is 8.85. The predicted molar refractivity (Wildman–Crippen MR) is 40.0 cm³/mol. The van der Waals surface area contributed by atoms with E-state index in [0.29, 0.717) is 0 Å². The zero-order valence-corrected chi connectivity index (χ0v) is 7.61. The minimum atomic E-state index is -3.02. The number of rotatable bonds is 4. The van der Waals surface area contributed by atoms with E-state index in [1.807, 2.05) is 6.92 Å². The van der Waals surface area contributed by atoms with Crippen LogP contribution in [0, 0.1) is 0 Å². The summed E-state index contributed by atoms with van der Waals surface area (Å²) in [5.41, 5.74) is 0. The highest BCUT2D eigenvalue weighted by atomic mass is 79.9. The Morgan fingerprint density at radius 2 is 2.18 bits per heavy atom. The van der Waals surface area contributed by atoms with Crippen LogP contribution in [0.15, 0.2) is 0 Å². The molecule has 0 rings (SSSR count). The van der Waals surface area contributed by atoms with Crippen molar-refractivity contribution < 1.29 is 18.3 Å². The van der Waals surface area contributed by atoms with Crippen molar-refractivity contribution in [1.82, 2.24) is 0 Å². The highest BCUT2D eigenvalue weighted by molar-refractivity contribution is 9.09. The minimum Gasteiger partial charge on any atom is -0.460 e. The summed E-state index contributed by atoms with van der Waals surface area (Å²) in [5, 5.41) is 0. The summed E-state index contributed by atoms with van der Waals surface area (Å²) >= 11 is 3.13. The maximum absolute atomic E-state index is 11.5. The molecule has 0 radical (unpaired) electrons. The Morgan fingerprint density at radius 1 is 1.64 bits per heavy atom. The Balaban J connectivity index is 3.46. The third-order valence-corrected chi connectivity index (χ3v) is 1.94. The third-order valence-electron chi connectivity index (χ3n) is 1.03. The van der Waals surface area contributed by atoms with E-state index in [4.69, 9.17) is 0 Å². The topological polar surface area (TPSA) is 26.3 Å². The summed E-state index contributed by atoms with van der Waals surface area (Å²) in [6, 6.07) is 0. The van der Waals surface area contributed by atoms with E-state index >= 15 is 0 Å². The maximum atomic E-state index is 11.5. The first-order valence-corrected chi connectivity index (χ1v) is 4.08. The van der Waals surface area contributed by atoms with E-state index in [9.17, 15) is 13.6 Å². The zero-order valence-electron chi connectivity index (χ0n) is 6.02. The second kappa shape index (κ2) is 5.46. The van der Waals surface area contributed by atoms with Crippen molar-refractivity contribution in [3.8, 4) is 0 Å². The minimum absolute atomic E-state index is 0.000324. The Hall–Kier alpha value is -0.190. The monoisotopic (exact) mass is 230 g/mol. The van der Waals surface area contributed by atoms with E-state index in [0.717, 1.165) is 6.42 Å². The molecule has 0 bridgehead atoms. The average Bonchev–Trinajstić information content (AvgIpc) is 1.99. The van der Waals surface area contributed by atoms with Gasteiger partial charge in [0.25, 0.3) is 0 Å². The SMILES string of the molecule is CCC(Br)COC(=O)C(F)F. The molecule has 0 spiro atoms. The number of esters is 1. The molecule has 0 amide bonds. The fourth-order valence-electron chi connectivity index (χ4n) is 0.353. The van der Waals surface area contributed by atoms with Gasteiger partial charge in [0.15, 0.2) is 0 Å². The lowest BCUT2D eigenvalue weighted by molar-refractivity contribution is -0.156. The molecular weight excluding hydrogens is 222 g/mol. The molecule has 0 heterocycles. The van der Waals surface area contributed by atoms with Gasteiger partial charge in [-0.2, -0.15) is 8.78 Å². The standard InChI is InChI=1S/C6H9BrF2O2/c1-2-4(7)3-11-6(10)5(8)9/h4-5H,2-3H2,1H3. The van der Waals surface area contributed by atoms with Gasteiger partial charge in [-0.25, -0.2) is 4.79 Å². The van der Waals surface area contributed by atoms with Crippen molar-refractivity contribution in [1.29, 1.82) is 0 Å². The Morgan fingerprint density at radius 3 is 2.55 bits per heavy atom. The van der Waals surface area contributed by atoms with Crippen LogP contribution in [-0.2, 0) is 9.53 Å². The van der Waals surface area contributed by atoms with Crippen LogP contribution in [0.25, 0.3) is 0 Å². The summed E-state index contributed by atoms with van der Waals surface area (Å²) < 4.78 is 27.2. The summed E-state index contributed by atoms with van der Waals surface area (Å²) in [7, 11) is 0. The van der Waals surface area contributed by atoms with Crippen molar-refractivity contribution in [3.05, 3.63) is 0 Å². The number of halogens is 3. The second-order valence-electron chi connectivity index (χ2n) is 1.94.